The molecule has 0 radical (unpaired) electrons. The Morgan fingerprint density at radius 2 is 2.30 bits per heavy atom. The average molecular weight is 176 g/mol. The van der Waals surface area contributed by atoms with Crippen LogP contribution in [0.4, 0.5) is 0 Å². The van der Waals surface area contributed by atoms with Crippen molar-refractivity contribution in [2.24, 2.45) is 5.73 Å². The molecule has 1 aromatic rings. The summed E-state index contributed by atoms with van der Waals surface area (Å²) in [5.41, 5.74) is 5.65. The minimum atomic E-state index is 0.0613. The predicted octanol–water partition coefficient (Wildman–Crippen LogP) is 2.73. The molecule has 0 saturated carbocycles. The predicted molar refractivity (Wildman–Crippen MR) is 46.7 cm³/mol. The molecule has 56 valence electrons. The summed E-state index contributed by atoms with van der Waals surface area (Å²) < 4.78 is 0. The second-order valence-corrected chi connectivity index (χ2v) is 4.05. The van der Waals surface area contributed by atoms with Crippen LogP contribution in [-0.4, -0.2) is 0 Å². The van der Waals surface area contributed by atoms with Gasteiger partial charge in [0.25, 0.3) is 0 Å². The van der Waals surface area contributed by atoms with Gasteiger partial charge in [0, 0.05) is 15.8 Å². The molecule has 1 aromatic heterocycles. The fraction of sp³-hybridized carbons (Fsp3) is 0.429. The molecule has 1 unspecified atom stereocenters. The molecule has 1 atom stereocenters. The SMILES string of the molecule is Cc1cc(Cl)c(C(C)N)s1. The van der Waals surface area contributed by atoms with E-state index in [1.54, 1.807) is 11.3 Å². The van der Waals surface area contributed by atoms with Gasteiger partial charge in [-0.1, -0.05) is 11.6 Å². The van der Waals surface area contributed by atoms with Crippen molar-refractivity contribution >= 4 is 22.9 Å². The Labute approximate surface area is 69.8 Å². The molecular weight excluding hydrogens is 166 g/mol. The summed E-state index contributed by atoms with van der Waals surface area (Å²) in [6, 6.07) is 2.01. The molecule has 0 spiro atoms. The molecule has 0 aliphatic heterocycles. The largest absolute Gasteiger partial charge is 0.323 e. The maximum Gasteiger partial charge on any atom is 0.0563 e. The van der Waals surface area contributed by atoms with Gasteiger partial charge in [-0.15, -0.1) is 11.3 Å². The summed E-state index contributed by atoms with van der Waals surface area (Å²) >= 11 is 7.54. The third kappa shape index (κ3) is 1.51. The Morgan fingerprint density at radius 3 is 2.50 bits per heavy atom. The highest BCUT2D eigenvalue weighted by Gasteiger charge is 2.07. The van der Waals surface area contributed by atoms with Crippen LogP contribution >= 0.6 is 22.9 Å². The van der Waals surface area contributed by atoms with Gasteiger partial charge in [0.05, 0.1) is 5.02 Å². The van der Waals surface area contributed by atoms with Crippen LogP contribution in [0.5, 0.6) is 0 Å². The van der Waals surface area contributed by atoms with E-state index in [-0.39, 0.29) is 6.04 Å². The van der Waals surface area contributed by atoms with Crippen molar-refractivity contribution in [3.8, 4) is 0 Å². The van der Waals surface area contributed by atoms with E-state index in [1.165, 1.54) is 4.88 Å². The fourth-order valence-corrected chi connectivity index (χ4v) is 2.19. The number of thiophene rings is 1. The lowest BCUT2D eigenvalue weighted by atomic mass is 10.3. The fourth-order valence-electron chi connectivity index (χ4n) is 0.812. The van der Waals surface area contributed by atoms with Crippen LogP contribution in [-0.2, 0) is 0 Å². The van der Waals surface area contributed by atoms with Crippen molar-refractivity contribution in [2.45, 2.75) is 19.9 Å². The zero-order chi connectivity index (χ0) is 7.72. The van der Waals surface area contributed by atoms with Gasteiger partial charge < -0.3 is 5.73 Å². The standard InChI is InChI=1S/C7H10ClNS/c1-4-3-6(8)7(10-4)5(2)9/h3,5H,9H2,1-2H3. The third-order valence-electron chi connectivity index (χ3n) is 1.25. The highest BCUT2D eigenvalue weighted by atomic mass is 35.5. The molecule has 0 aromatic carbocycles. The number of aryl methyl sites for hydroxylation is 1. The van der Waals surface area contributed by atoms with Crippen molar-refractivity contribution in [1.82, 2.24) is 0 Å². The summed E-state index contributed by atoms with van der Waals surface area (Å²) in [7, 11) is 0. The van der Waals surface area contributed by atoms with E-state index in [4.69, 9.17) is 17.3 Å². The van der Waals surface area contributed by atoms with Gasteiger partial charge in [-0.2, -0.15) is 0 Å². The Hall–Kier alpha value is -0.0500. The maximum absolute atomic E-state index is 5.87. The lowest BCUT2D eigenvalue weighted by Gasteiger charge is -1.99. The minimum Gasteiger partial charge on any atom is -0.323 e. The first-order chi connectivity index (χ1) is 4.61. The topological polar surface area (TPSA) is 26.0 Å². The molecule has 0 bridgehead atoms. The Balaban J connectivity index is 3.03. The molecule has 10 heavy (non-hydrogen) atoms. The Bertz CT molecular complexity index is 230. The normalized spacial score (nSPS) is 13.6. The lowest BCUT2D eigenvalue weighted by Crippen LogP contribution is -2.02. The summed E-state index contributed by atoms with van der Waals surface area (Å²) in [5.74, 6) is 0. The van der Waals surface area contributed by atoms with Gasteiger partial charge in [0.2, 0.25) is 0 Å². The molecule has 0 aliphatic carbocycles. The Kier molecular flexibility index (Phi) is 2.34. The monoisotopic (exact) mass is 175 g/mol. The van der Waals surface area contributed by atoms with Crippen LogP contribution < -0.4 is 5.73 Å². The molecule has 0 aliphatic rings. The number of rotatable bonds is 1. The van der Waals surface area contributed by atoms with Crippen molar-refractivity contribution in [2.75, 3.05) is 0 Å². The van der Waals surface area contributed by atoms with Gasteiger partial charge in [0.1, 0.15) is 0 Å². The third-order valence-corrected chi connectivity index (χ3v) is 2.93. The van der Waals surface area contributed by atoms with Gasteiger partial charge in [-0.05, 0) is 19.9 Å². The molecule has 1 nitrogen and oxygen atoms in total. The van der Waals surface area contributed by atoms with E-state index in [0.717, 1.165) is 9.90 Å². The van der Waals surface area contributed by atoms with Crippen LogP contribution in [0.15, 0.2) is 6.07 Å². The number of hydrogen-bond acceptors (Lipinski definition) is 2. The first-order valence-corrected chi connectivity index (χ1v) is 4.32. The van der Waals surface area contributed by atoms with Crippen molar-refractivity contribution in [1.29, 1.82) is 0 Å². The second kappa shape index (κ2) is 2.91. The second-order valence-electron chi connectivity index (χ2n) is 2.36. The smallest absolute Gasteiger partial charge is 0.0563 e. The van der Waals surface area contributed by atoms with Crippen molar-refractivity contribution in [3.05, 3.63) is 20.8 Å². The molecular formula is C7H10ClNS. The average Bonchev–Trinajstić information content (AvgIpc) is 2.10. The van der Waals surface area contributed by atoms with Gasteiger partial charge in [-0.25, -0.2) is 0 Å². The first-order valence-electron chi connectivity index (χ1n) is 3.12. The van der Waals surface area contributed by atoms with E-state index in [1.807, 2.05) is 19.9 Å². The molecule has 2 N–H and O–H groups in total. The molecule has 0 amide bonds. The number of hydrogen-bond donors (Lipinski definition) is 1. The lowest BCUT2D eigenvalue weighted by molar-refractivity contribution is 0.839. The van der Waals surface area contributed by atoms with E-state index in [0.29, 0.717) is 0 Å². The number of halogens is 1. The van der Waals surface area contributed by atoms with Crippen molar-refractivity contribution < 1.29 is 0 Å². The summed E-state index contributed by atoms with van der Waals surface area (Å²) in [6.45, 7) is 3.97. The number of nitrogens with two attached hydrogens (primary N) is 1. The first kappa shape index (κ1) is 8.05. The summed E-state index contributed by atoms with van der Waals surface area (Å²) in [4.78, 5) is 2.30. The van der Waals surface area contributed by atoms with E-state index in [9.17, 15) is 0 Å². The van der Waals surface area contributed by atoms with Gasteiger partial charge >= 0.3 is 0 Å². The van der Waals surface area contributed by atoms with E-state index >= 15 is 0 Å². The molecule has 3 heteroatoms. The van der Waals surface area contributed by atoms with E-state index in [2.05, 4.69) is 0 Å². The molecule has 0 saturated heterocycles. The van der Waals surface area contributed by atoms with Crippen LogP contribution in [0.2, 0.25) is 5.02 Å². The van der Waals surface area contributed by atoms with Crippen LogP contribution in [0.3, 0.4) is 0 Å². The minimum absolute atomic E-state index is 0.0613. The molecule has 1 heterocycles. The van der Waals surface area contributed by atoms with Crippen LogP contribution in [0.25, 0.3) is 0 Å². The summed E-state index contributed by atoms with van der Waals surface area (Å²) in [5, 5.41) is 0.803. The van der Waals surface area contributed by atoms with Crippen LogP contribution in [0.1, 0.15) is 22.7 Å². The highest BCUT2D eigenvalue weighted by Crippen LogP contribution is 2.30. The zero-order valence-electron chi connectivity index (χ0n) is 6.02. The van der Waals surface area contributed by atoms with Gasteiger partial charge in [-0.3, -0.25) is 0 Å². The van der Waals surface area contributed by atoms with Crippen LogP contribution in [0, 0.1) is 6.92 Å². The van der Waals surface area contributed by atoms with E-state index < -0.39 is 0 Å². The highest BCUT2D eigenvalue weighted by molar-refractivity contribution is 7.12. The Morgan fingerprint density at radius 1 is 1.70 bits per heavy atom. The van der Waals surface area contributed by atoms with Gasteiger partial charge in [0.15, 0.2) is 0 Å². The zero-order valence-corrected chi connectivity index (χ0v) is 7.59. The molecule has 0 fully saturated rings. The van der Waals surface area contributed by atoms with Crippen molar-refractivity contribution in [3.63, 3.8) is 0 Å². The quantitative estimate of drug-likeness (QED) is 0.698. The maximum atomic E-state index is 5.87. The summed E-state index contributed by atoms with van der Waals surface area (Å²) in [6.07, 6.45) is 0. The molecule has 1 rings (SSSR count).